The van der Waals surface area contributed by atoms with E-state index >= 15 is 0 Å². The predicted molar refractivity (Wildman–Crippen MR) is 52.3 cm³/mol. The Bertz CT molecular complexity index is 294. The molecule has 0 radical (unpaired) electrons. The fourth-order valence-corrected chi connectivity index (χ4v) is 0.877. The molecular formula is C8H11BN2O3. The highest BCUT2D eigenvalue weighted by Gasteiger charge is 2.15. The molecule has 0 aliphatic carbocycles. The molecule has 1 amide bonds. The van der Waals surface area contributed by atoms with Crippen LogP contribution in [0.3, 0.4) is 0 Å². The van der Waals surface area contributed by atoms with Crippen molar-refractivity contribution < 1.29 is 14.6 Å². The van der Waals surface area contributed by atoms with Crippen LogP contribution in [0.4, 0.5) is 0 Å². The van der Waals surface area contributed by atoms with E-state index in [2.05, 4.69) is 5.48 Å². The van der Waals surface area contributed by atoms with Crippen molar-refractivity contribution >= 4 is 18.5 Å². The van der Waals surface area contributed by atoms with Gasteiger partial charge in [-0.2, -0.15) is 0 Å². The number of benzene rings is 1. The molecule has 74 valence electrons. The molecule has 0 unspecified atom stereocenters. The number of nitrogens with two attached hydrogens (primary N) is 1. The van der Waals surface area contributed by atoms with Crippen molar-refractivity contribution in [2.24, 2.45) is 5.73 Å². The molecule has 0 aliphatic heterocycles. The molecule has 0 atom stereocenters. The summed E-state index contributed by atoms with van der Waals surface area (Å²) in [6.07, 6.45) is 0. The van der Waals surface area contributed by atoms with Crippen molar-refractivity contribution in [1.29, 1.82) is 0 Å². The second-order valence-electron chi connectivity index (χ2n) is 2.67. The van der Waals surface area contributed by atoms with Gasteiger partial charge in [0.25, 0.3) is 0 Å². The number of rotatable bonds is 5. The lowest BCUT2D eigenvalue weighted by molar-refractivity contribution is -0.118. The first-order valence-corrected chi connectivity index (χ1v) is 4.10. The van der Waals surface area contributed by atoms with Gasteiger partial charge in [0.05, 0.1) is 6.54 Å². The lowest BCUT2D eigenvalue weighted by atomic mass is 9.80. The summed E-state index contributed by atoms with van der Waals surface area (Å²) in [6, 6.07) is 8.78. The first-order chi connectivity index (χ1) is 6.70. The van der Waals surface area contributed by atoms with Gasteiger partial charge in [0, 0.05) is 0 Å². The third-order valence-electron chi connectivity index (χ3n) is 1.53. The lowest BCUT2D eigenvalue weighted by Gasteiger charge is -2.07. The Morgan fingerprint density at radius 1 is 1.50 bits per heavy atom. The molecule has 1 aromatic rings. The van der Waals surface area contributed by atoms with Gasteiger partial charge in [-0.15, -0.1) is 0 Å². The van der Waals surface area contributed by atoms with Crippen LogP contribution in [0.5, 0.6) is 0 Å². The number of nitrogens with one attached hydrogen (secondary N) is 1. The number of hydrogen-bond acceptors (Lipinski definition) is 4. The summed E-state index contributed by atoms with van der Waals surface area (Å²) in [5, 5.41) is 9.40. The minimum atomic E-state index is -1.10. The fourth-order valence-electron chi connectivity index (χ4n) is 0.877. The maximum atomic E-state index is 10.3. The smallest absolute Gasteiger partial charge is 0.422 e. The third kappa shape index (κ3) is 3.57. The van der Waals surface area contributed by atoms with E-state index in [-0.39, 0.29) is 6.54 Å². The van der Waals surface area contributed by atoms with Crippen LogP contribution in [0.15, 0.2) is 30.3 Å². The van der Waals surface area contributed by atoms with Crippen molar-refractivity contribution in [1.82, 2.24) is 5.48 Å². The molecule has 5 nitrogen and oxygen atoms in total. The topological polar surface area (TPSA) is 84.6 Å². The summed E-state index contributed by atoms with van der Waals surface area (Å²) in [4.78, 5) is 10.3. The van der Waals surface area contributed by atoms with E-state index < -0.39 is 13.0 Å². The molecule has 0 heterocycles. The highest BCUT2D eigenvalue weighted by Crippen LogP contribution is 1.85. The second-order valence-corrected chi connectivity index (χ2v) is 2.67. The highest BCUT2D eigenvalue weighted by atomic mass is 16.7. The van der Waals surface area contributed by atoms with Gasteiger partial charge in [0.15, 0.2) is 0 Å². The zero-order valence-electron chi connectivity index (χ0n) is 7.51. The Morgan fingerprint density at radius 2 is 2.14 bits per heavy atom. The quantitative estimate of drug-likeness (QED) is 0.388. The first-order valence-electron chi connectivity index (χ1n) is 4.10. The van der Waals surface area contributed by atoms with E-state index in [4.69, 9.17) is 10.5 Å². The van der Waals surface area contributed by atoms with Gasteiger partial charge >= 0.3 is 7.12 Å². The highest BCUT2D eigenvalue weighted by molar-refractivity contribution is 6.59. The molecule has 0 saturated carbocycles. The zero-order valence-corrected chi connectivity index (χ0v) is 7.51. The summed E-state index contributed by atoms with van der Waals surface area (Å²) in [5.41, 5.74) is 7.71. The van der Waals surface area contributed by atoms with Crippen molar-refractivity contribution in [3.8, 4) is 0 Å². The van der Waals surface area contributed by atoms with Gasteiger partial charge < -0.3 is 15.5 Å². The van der Waals surface area contributed by atoms with Gasteiger partial charge in [-0.25, -0.2) is 5.48 Å². The number of carbonyl (C=O) groups is 1. The van der Waals surface area contributed by atoms with Crippen LogP contribution >= 0.6 is 0 Å². The summed E-state index contributed by atoms with van der Waals surface area (Å²) in [7, 11) is -1.10. The van der Waals surface area contributed by atoms with Gasteiger partial charge in [-0.05, 0) is 5.46 Å². The maximum absolute atomic E-state index is 10.3. The largest absolute Gasteiger partial charge is 0.508 e. The van der Waals surface area contributed by atoms with Crippen LogP contribution < -0.4 is 16.7 Å². The van der Waals surface area contributed by atoms with Crippen molar-refractivity contribution in [3.63, 3.8) is 0 Å². The molecule has 0 spiro atoms. The van der Waals surface area contributed by atoms with Crippen LogP contribution in [0.1, 0.15) is 0 Å². The minimum absolute atomic E-state index is 0.135. The monoisotopic (exact) mass is 194 g/mol. The fraction of sp³-hybridized carbons (Fsp3) is 0.125. The molecule has 0 aromatic heterocycles. The second kappa shape index (κ2) is 5.38. The van der Waals surface area contributed by atoms with Crippen LogP contribution in [0.25, 0.3) is 0 Å². The van der Waals surface area contributed by atoms with Gasteiger partial charge in [0.1, 0.15) is 0 Å². The Morgan fingerprint density at radius 3 is 2.71 bits per heavy atom. The summed E-state index contributed by atoms with van der Waals surface area (Å²) >= 11 is 0. The van der Waals surface area contributed by atoms with Gasteiger partial charge in [-0.1, -0.05) is 30.3 Å². The summed E-state index contributed by atoms with van der Waals surface area (Å²) < 4.78 is 4.74. The number of hydrogen-bond donors (Lipinski definition) is 3. The molecule has 0 saturated heterocycles. The molecule has 14 heavy (non-hydrogen) atoms. The van der Waals surface area contributed by atoms with Crippen LogP contribution in [0, 0.1) is 0 Å². The van der Waals surface area contributed by atoms with E-state index in [1.165, 1.54) is 0 Å². The summed E-state index contributed by atoms with van der Waals surface area (Å²) in [5.74, 6) is -0.551. The van der Waals surface area contributed by atoms with Crippen molar-refractivity contribution in [3.05, 3.63) is 30.3 Å². The third-order valence-corrected chi connectivity index (χ3v) is 1.53. The Hall–Kier alpha value is -1.37. The summed E-state index contributed by atoms with van der Waals surface area (Å²) in [6.45, 7) is -0.135. The maximum Gasteiger partial charge on any atom is 0.508 e. The molecule has 6 heteroatoms. The zero-order chi connectivity index (χ0) is 10.4. The van der Waals surface area contributed by atoms with E-state index in [0.29, 0.717) is 5.46 Å². The average Bonchev–Trinajstić information content (AvgIpc) is 2.18. The number of primary amides is 1. The van der Waals surface area contributed by atoms with E-state index in [0.717, 1.165) is 0 Å². The molecule has 4 N–H and O–H groups in total. The van der Waals surface area contributed by atoms with Crippen LogP contribution in [0.2, 0.25) is 0 Å². The number of carbonyl (C=O) groups excluding carboxylic acids is 1. The lowest BCUT2D eigenvalue weighted by Crippen LogP contribution is -2.41. The minimum Gasteiger partial charge on any atom is -0.422 e. The Balaban J connectivity index is 2.36. The van der Waals surface area contributed by atoms with E-state index in [1.807, 2.05) is 6.07 Å². The standard InChI is InChI=1S/C8H11BN2O3/c10-8(12)6-11-14-9(13)7-4-2-1-3-5-7/h1-5,11,13H,6H2,(H2,10,12). The average molecular weight is 194 g/mol. The number of amides is 1. The van der Waals surface area contributed by atoms with Crippen LogP contribution in [-0.4, -0.2) is 24.6 Å². The Kier molecular flexibility index (Phi) is 4.12. The number of hydroxylamine groups is 1. The molecular weight excluding hydrogens is 183 g/mol. The normalized spacial score (nSPS) is 9.79. The molecule has 0 aliphatic rings. The Labute approximate surface area is 82.0 Å². The van der Waals surface area contributed by atoms with Gasteiger partial charge in [0.2, 0.25) is 5.91 Å². The predicted octanol–water partition coefficient (Wildman–Crippen LogP) is -1.62. The molecule has 0 fully saturated rings. The SMILES string of the molecule is NC(=O)CNOB(O)c1ccccc1. The van der Waals surface area contributed by atoms with Gasteiger partial charge in [-0.3, -0.25) is 4.79 Å². The molecule has 0 bridgehead atoms. The van der Waals surface area contributed by atoms with Crippen molar-refractivity contribution in [2.75, 3.05) is 6.54 Å². The van der Waals surface area contributed by atoms with Crippen LogP contribution in [-0.2, 0) is 9.55 Å². The van der Waals surface area contributed by atoms with E-state index in [1.54, 1.807) is 24.3 Å². The van der Waals surface area contributed by atoms with Crippen molar-refractivity contribution in [2.45, 2.75) is 0 Å². The van der Waals surface area contributed by atoms with E-state index in [9.17, 15) is 9.82 Å². The molecule has 1 rings (SSSR count). The molecule has 1 aromatic carbocycles. The first kappa shape index (κ1) is 10.7.